The Bertz CT molecular complexity index is 447. The van der Waals surface area contributed by atoms with Crippen molar-refractivity contribution in [3.05, 3.63) is 72.9 Å². The molecule has 25 heavy (non-hydrogen) atoms. The van der Waals surface area contributed by atoms with E-state index in [1.54, 1.807) is 0 Å². The third-order valence-corrected chi connectivity index (χ3v) is 3.58. The largest absolute Gasteiger partial charge is 0.314 e. The number of piperazine rings is 1. The van der Waals surface area contributed by atoms with Crippen molar-refractivity contribution in [2.75, 3.05) is 26.2 Å². The highest BCUT2D eigenvalue weighted by Gasteiger charge is 2.24. The second kappa shape index (κ2) is 18.7. The molecule has 1 N–H and O–H groups in total. The summed E-state index contributed by atoms with van der Waals surface area (Å²) in [5, 5.41) is 3.42. The number of hydrogen-bond acceptors (Lipinski definition) is 2. The molecule has 1 aliphatic rings. The van der Waals surface area contributed by atoms with Gasteiger partial charge in [0.05, 0.1) is 6.04 Å². The van der Waals surface area contributed by atoms with E-state index < -0.39 is 0 Å². The summed E-state index contributed by atoms with van der Waals surface area (Å²) >= 11 is 0. The molecular formula is C23H40N2. The predicted octanol–water partition coefficient (Wildman–Crippen LogP) is 5.69. The van der Waals surface area contributed by atoms with E-state index in [4.69, 9.17) is 0 Å². The highest BCUT2D eigenvalue weighted by molar-refractivity contribution is 5.41. The van der Waals surface area contributed by atoms with Crippen molar-refractivity contribution in [2.24, 2.45) is 0 Å². The van der Waals surface area contributed by atoms with Crippen LogP contribution < -0.4 is 5.32 Å². The molecular weight excluding hydrogens is 304 g/mol. The number of rotatable bonds is 7. The minimum atomic E-state index is 0.266. The molecule has 0 saturated carbocycles. The molecule has 0 aromatic rings. The van der Waals surface area contributed by atoms with Gasteiger partial charge < -0.3 is 5.32 Å². The lowest BCUT2D eigenvalue weighted by Gasteiger charge is -2.36. The molecule has 1 fully saturated rings. The Labute approximate surface area is 157 Å². The topological polar surface area (TPSA) is 15.3 Å². The molecule has 2 heteroatoms. The molecule has 0 spiro atoms. The van der Waals surface area contributed by atoms with Gasteiger partial charge in [-0.15, -0.1) is 0 Å². The Morgan fingerprint density at radius 2 is 1.52 bits per heavy atom. The lowest BCUT2D eigenvalue weighted by molar-refractivity contribution is 0.218. The van der Waals surface area contributed by atoms with Crippen LogP contribution in [-0.4, -0.2) is 37.1 Å². The maximum Gasteiger partial charge on any atom is 0.0599 e. The summed E-state index contributed by atoms with van der Waals surface area (Å²) < 4.78 is 0. The number of hydrogen-bond donors (Lipinski definition) is 1. The first-order valence-corrected chi connectivity index (χ1v) is 9.63. The van der Waals surface area contributed by atoms with Gasteiger partial charge in [0.25, 0.3) is 0 Å². The molecule has 1 heterocycles. The zero-order valence-corrected chi connectivity index (χ0v) is 17.4. The molecule has 142 valence electrons. The van der Waals surface area contributed by atoms with Gasteiger partial charge in [-0.25, -0.2) is 0 Å². The second-order valence-corrected chi connectivity index (χ2v) is 4.97. The van der Waals surface area contributed by atoms with E-state index in [1.165, 1.54) is 11.1 Å². The highest BCUT2D eigenvalue weighted by Crippen LogP contribution is 2.22. The monoisotopic (exact) mass is 344 g/mol. The third kappa shape index (κ3) is 10.1. The maximum atomic E-state index is 3.86. The molecule has 1 aliphatic heterocycles. The molecule has 0 aliphatic carbocycles. The standard InChI is InChI=1S/C19H28N2.2C2H6/c1-5-9-12-17(8-4)19(18(10-6-2)11-7-3)21-15-13-20-14-16-21;2*1-2/h5-12,19-20H,1-2,13-16H2,3-4H3;2*1-2H3/b11-7-,12-9-,17-8+,18-10+;;. The van der Waals surface area contributed by atoms with Crippen LogP contribution in [0.5, 0.6) is 0 Å². The van der Waals surface area contributed by atoms with Crippen LogP contribution in [0.15, 0.2) is 72.9 Å². The van der Waals surface area contributed by atoms with E-state index in [0.717, 1.165) is 26.2 Å². The van der Waals surface area contributed by atoms with Gasteiger partial charge >= 0.3 is 0 Å². The predicted molar refractivity (Wildman–Crippen MR) is 117 cm³/mol. The molecule has 0 radical (unpaired) electrons. The first kappa shape index (κ1) is 25.6. The molecule has 0 aromatic carbocycles. The van der Waals surface area contributed by atoms with E-state index in [0.29, 0.717) is 0 Å². The van der Waals surface area contributed by atoms with E-state index in [1.807, 2.05) is 45.9 Å². The van der Waals surface area contributed by atoms with Crippen LogP contribution in [0.3, 0.4) is 0 Å². The van der Waals surface area contributed by atoms with Gasteiger partial charge in [-0.3, -0.25) is 4.90 Å². The van der Waals surface area contributed by atoms with Crippen LogP contribution in [0, 0.1) is 0 Å². The quantitative estimate of drug-likeness (QED) is 0.597. The van der Waals surface area contributed by atoms with Gasteiger partial charge in [0.1, 0.15) is 0 Å². The van der Waals surface area contributed by atoms with Gasteiger partial charge in [0.15, 0.2) is 0 Å². The van der Waals surface area contributed by atoms with E-state index in [9.17, 15) is 0 Å². The van der Waals surface area contributed by atoms with E-state index in [2.05, 4.69) is 67.6 Å². The first-order valence-electron chi connectivity index (χ1n) is 9.63. The summed E-state index contributed by atoms with van der Waals surface area (Å²) in [7, 11) is 0. The number of allylic oxidation sites excluding steroid dienone is 6. The van der Waals surface area contributed by atoms with Crippen molar-refractivity contribution in [3.8, 4) is 0 Å². The molecule has 0 amide bonds. The van der Waals surface area contributed by atoms with Crippen molar-refractivity contribution >= 4 is 0 Å². The third-order valence-electron chi connectivity index (χ3n) is 3.58. The summed E-state index contributed by atoms with van der Waals surface area (Å²) in [6.45, 7) is 24.0. The molecule has 0 bridgehead atoms. The van der Waals surface area contributed by atoms with E-state index in [-0.39, 0.29) is 6.04 Å². The van der Waals surface area contributed by atoms with Crippen LogP contribution in [0.4, 0.5) is 0 Å². The molecule has 1 atom stereocenters. The van der Waals surface area contributed by atoms with Crippen LogP contribution in [0.1, 0.15) is 41.5 Å². The summed E-state index contributed by atoms with van der Waals surface area (Å²) in [4.78, 5) is 2.52. The number of nitrogens with one attached hydrogen (secondary N) is 1. The zero-order chi connectivity index (χ0) is 19.5. The lowest BCUT2D eigenvalue weighted by atomic mass is 9.94. The van der Waals surface area contributed by atoms with Gasteiger partial charge in [0.2, 0.25) is 0 Å². The molecule has 1 rings (SSSR count). The normalized spacial score (nSPS) is 17.4. The van der Waals surface area contributed by atoms with Crippen LogP contribution in [0.2, 0.25) is 0 Å². The Kier molecular flexibility index (Phi) is 19.1. The van der Waals surface area contributed by atoms with Crippen molar-refractivity contribution in [1.82, 2.24) is 10.2 Å². The van der Waals surface area contributed by atoms with Crippen LogP contribution >= 0.6 is 0 Å². The lowest BCUT2D eigenvalue weighted by Crippen LogP contribution is -2.49. The summed E-state index contributed by atoms with van der Waals surface area (Å²) in [5.74, 6) is 0. The fraction of sp³-hybridized carbons (Fsp3) is 0.478. The molecule has 0 aromatic heterocycles. The SMILES string of the molecule is C=C/C=C\C(=C/C)C(C(/C=C\C)=C/C=C)N1CCNCC1.CC.CC. The van der Waals surface area contributed by atoms with Gasteiger partial charge in [-0.1, -0.05) is 89.5 Å². The minimum absolute atomic E-state index is 0.266. The maximum absolute atomic E-state index is 3.86. The Morgan fingerprint density at radius 3 is 1.96 bits per heavy atom. The second-order valence-electron chi connectivity index (χ2n) is 4.97. The zero-order valence-electron chi connectivity index (χ0n) is 17.4. The average Bonchev–Trinajstić information content (AvgIpc) is 2.69. The van der Waals surface area contributed by atoms with Crippen molar-refractivity contribution in [2.45, 2.75) is 47.6 Å². The Morgan fingerprint density at radius 1 is 0.920 bits per heavy atom. The molecule has 1 saturated heterocycles. The minimum Gasteiger partial charge on any atom is -0.314 e. The number of nitrogens with zero attached hydrogens (tertiary/aromatic N) is 1. The fourth-order valence-electron chi connectivity index (χ4n) is 2.65. The smallest absolute Gasteiger partial charge is 0.0599 e. The van der Waals surface area contributed by atoms with Crippen molar-refractivity contribution < 1.29 is 0 Å². The van der Waals surface area contributed by atoms with Gasteiger partial charge in [0, 0.05) is 26.2 Å². The summed E-state index contributed by atoms with van der Waals surface area (Å²) in [5.41, 5.74) is 2.57. The van der Waals surface area contributed by atoms with Crippen molar-refractivity contribution in [3.63, 3.8) is 0 Å². The summed E-state index contributed by atoms with van der Waals surface area (Å²) in [6.07, 6.45) is 16.4. The highest BCUT2D eigenvalue weighted by atomic mass is 15.2. The van der Waals surface area contributed by atoms with Crippen LogP contribution in [0.25, 0.3) is 0 Å². The Balaban J connectivity index is 0. The first-order chi connectivity index (χ1) is 12.3. The Hall–Kier alpha value is -1.64. The average molecular weight is 345 g/mol. The van der Waals surface area contributed by atoms with Crippen molar-refractivity contribution in [1.29, 1.82) is 0 Å². The summed E-state index contributed by atoms with van der Waals surface area (Å²) in [6, 6.07) is 0.266. The fourth-order valence-corrected chi connectivity index (χ4v) is 2.65. The molecule has 1 unspecified atom stereocenters. The van der Waals surface area contributed by atoms with Gasteiger partial charge in [-0.2, -0.15) is 0 Å². The molecule has 2 nitrogen and oxygen atoms in total. The van der Waals surface area contributed by atoms with Gasteiger partial charge in [-0.05, 0) is 25.0 Å². The van der Waals surface area contributed by atoms with E-state index >= 15 is 0 Å². The van der Waals surface area contributed by atoms with Crippen LogP contribution in [-0.2, 0) is 0 Å².